The second-order valence-corrected chi connectivity index (χ2v) is 6.90. The number of carbonyl (C=O) groups is 3. The second-order valence-electron chi connectivity index (χ2n) is 6.90. The number of piperidine rings is 1. The predicted molar refractivity (Wildman–Crippen MR) is 97.7 cm³/mol. The molecule has 0 aliphatic carbocycles. The Morgan fingerprint density at radius 1 is 1.12 bits per heavy atom. The minimum absolute atomic E-state index is 0.0808. The summed E-state index contributed by atoms with van der Waals surface area (Å²) in [6.07, 6.45) is 3.20. The van der Waals surface area contributed by atoms with E-state index in [9.17, 15) is 14.4 Å². The molecule has 0 radical (unpaired) electrons. The van der Waals surface area contributed by atoms with Crippen molar-refractivity contribution in [3.8, 4) is 0 Å². The van der Waals surface area contributed by atoms with Gasteiger partial charge in [-0.15, -0.1) is 0 Å². The van der Waals surface area contributed by atoms with E-state index in [1.165, 1.54) is 0 Å². The fraction of sp³-hybridized carbons (Fsp3) is 0.550. The molecule has 3 rings (SSSR count). The Balaban J connectivity index is 1.51. The number of anilines is 1. The summed E-state index contributed by atoms with van der Waals surface area (Å²) in [5.41, 5.74) is 1.84. The average molecular weight is 358 g/mol. The molecule has 2 fully saturated rings. The van der Waals surface area contributed by atoms with Gasteiger partial charge in [-0.3, -0.25) is 14.4 Å². The van der Waals surface area contributed by atoms with Crippen molar-refractivity contribution in [2.24, 2.45) is 5.92 Å². The fourth-order valence-corrected chi connectivity index (χ4v) is 3.63. The zero-order valence-corrected chi connectivity index (χ0v) is 15.3. The Labute approximate surface area is 154 Å². The highest BCUT2D eigenvalue weighted by Gasteiger charge is 2.28. The monoisotopic (exact) mass is 358 g/mol. The molecule has 0 bridgehead atoms. The number of rotatable bonds is 5. The molecule has 0 saturated carbocycles. The van der Waals surface area contributed by atoms with Crippen LogP contribution >= 0.6 is 0 Å². The third-order valence-electron chi connectivity index (χ3n) is 5.14. The van der Waals surface area contributed by atoms with Crippen LogP contribution in [0.5, 0.6) is 0 Å². The lowest BCUT2D eigenvalue weighted by molar-refractivity contribution is -0.151. The van der Waals surface area contributed by atoms with Crippen molar-refractivity contribution >= 4 is 23.5 Å². The van der Waals surface area contributed by atoms with Gasteiger partial charge in [0.1, 0.15) is 0 Å². The van der Waals surface area contributed by atoms with Gasteiger partial charge in [-0.05, 0) is 43.9 Å². The molecule has 0 spiro atoms. The molecule has 6 heteroatoms. The van der Waals surface area contributed by atoms with Crippen LogP contribution in [0.4, 0.5) is 5.69 Å². The van der Waals surface area contributed by atoms with Gasteiger partial charge >= 0.3 is 5.97 Å². The largest absolute Gasteiger partial charge is 0.466 e. The van der Waals surface area contributed by atoms with Crippen LogP contribution in [0.15, 0.2) is 24.3 Å². The van der Waals surface area contributed by atoms with Crippen LogP contribution < -0.4 is 4.90 Å². The number of esters is 1. The third kappa shape index (κ3) is 4.23. The molecule has 0 aromatic heterocycles. The lowest BCUT2D eigenvalue weighted by atomic mass is 9.96. The highest BCUT2D eigenvalue weighted by atomic mass is 16.5. The number of carbonyl (C=O) groups excluding carboxylic acids is 3. The van der Waals surface area contributed by atoms with Crippen LogP contribution in [0.2, 0.25) is 0 Å². The number of benzene rings is 1. The molecule has 0 unspecified atom stereocenters. The summed E-state index contributed by atoms with van der Waals surface area (Å²) in [4.78, 5) is 39.7. The number of ether oxygens (including phenoxy) is 1. The lowest BCUT2D eigenvalue weighted by Crippen LogP contribution is -2.41. The van der Waals surface area contributed by atoms with Gasteiger partial charge in [0, 0.05) is 31.7 Å². The van der Waals surface area contributed by atoms with Crippen molar-refractivity contribution in [2.75, 3.05) is 31.1 Å². The molecule has 0 atom stereocenters. The molecule has 6 nitrogen and oxygen atoms in total. The van der Waals surface area contributed by atoms with Crippen molar-refractivity contribution in [3.63, 3.8) is 0 Å². The standard InChI is InChI=1S/C20H26N2O4/c1-2-26-20(25)16-9-12-21(13-10-16)19(24)14-15-5-7-17(8-6-15)22-11-3-4-18(22)23/h5-8,16H,2-4,9-14H2,1H3. The first-order valence-corrected chi connectivity index (χ1v) is 9.42. The van der Waals surface area contributed by atoms with Gasteiger partial charge in [-0.2, -0.15) is 0 Å². The van der Waals surface area contributed by atoms with E-state index in [1.807, 2.05) is 36.1 Å². The Bertz CT molecular complexity index is 663. The highest BCUT2D eigenvalue weighted by Crippen LogP contribution is 2.23. The highest BCUT2D eigenvalue weighted by molar-refractivity contribution is 5.95. The molecule has 140 valence electrons. The van der Waals surface area contributed by atoms with Crippen molar-refractivity contribution in [2.45, 2.75) is 39.0 Å². The number of hydrogen-bond acceptors (Lipinski definition) is 4. The summed E-state index contributed by atoms with van der Waals surface area (Å²) in [6.45, 7) is 4.18. The maximum absolute atomic E-state index is 12.5. The topological polar surface area (TPSA) is 66.9 Å². The van der Waals surface area contributed by atoms with E-state index in [4.69, 9.17) is 4.74 Å². The molecule has 2 aliphatic heterocycles. The molecule has 2 saturated heterocycles. The molecular formula is C20H26N2O4. The van der Waals surface area contributed by atoms with Gasteiger partial charge in [-0.25, -0.2) is 0 Å². The van der Waals surface area contributed by atoms with E-state index in [1.54, 1.807) is 4.90 Å². The van der Waals surface area contributed by atoms with E-state index in [0.717, 1.165) is 24.2 Å². The van der Waals surface area contributed by atoms with Gasteiger partial charge in [0.2, 0.25) is 11.8 Å². The maximum atomic E-state index is 12.5. The molecule has 2 aliphatic rings. The summed E-state index contributed by atoms with van der Waals surface area (Å²) >= 11 is 0. The van der Waals surface area contributed by atoms with Crippen molar-refractivity contribution in [3.05, 3.63) is 29.8 Å². The zero-order valence-electron chi connectivity index (χ0n) is 15.3. The zero-order chi connectivity index (χ0) is 18.5. The third-order valence-corrected chi connectivity index (χ3v) is 5.14. The van der Waals surface area contributed by atoms with Crippen molar-refractivity contribution in [1.82, 2.24) is 4.90 Å². The Morgan fingerprint density at radius 3 is 2.38 bits per heavy atom. The smallest absolute Gasteiger partial charge is 0.309 e. The summed E-state index contributed by atoms with van der Waals surface area (Å²) in [5, 5.41) is 0. The van der Waals surface area contributed by atoms with E-state index >= 15 is 0 Å². The van der Waals surface area contributed by atoms with Crippen LogP contribution in [0.25, 0.3) is 0 Å². The van der Waals surface area contributed by atoms with Crippen LogP contribution in [0.3, 0.4) is 0 Å². The second kappa shape index (κ2) is 8.34. The first kappa shape index (κ1) is 18.4. The van der Waals surface area contributed by atoms with Crippen LogP contribution in [0, 0.1) is 5.92 Å². The molecule has 2 amide bonds. The summed E-state index contributed by atoms with van der Waals surface area (Å²) < 4.78 is 5.06. The lowest BCUT2D eigenvalue weighted by Gasteiger charge is -2.31. The Kier molecular flexibility index (Phi) is 5.91. The molecule has 2 heterocycles. The van der Waals surface area contributed by atoms with E-state index in [2.05, 4.69) is 0 Å². The van der Waals surface area contributed by atoms with Gasteiger partial charge in [-0.1, -0.05) is 12.1 Å². The molecule has 26 heavy (non-hydrogen) atoms. The SMILES string of the molecule is CCOC(=O)C1CCN(C(=O)Cc2ccc(N3CCCC3=O)cc2)CC1. The van der Waals surface area contributed by atoms with Gasteiger partial charge < -0.3 is 14.5 Å². The number of hydrogen-bond donors (Lipinski definition) is 0. The molecule has 1 aromatic rings. The Hall–Kier alpha value is -2.37. The van der Waals surface area contributed by atoms with Gasteiger partial charge in [0.25, 0.3) is 0 Å². The van der Waals surface area contributed by atoms with E-state index < -0.39 is 0 Å². The van der Waals surface area contributed by atoms with Gasteiger partial charge in [0.05, 0.1) is 18.9 Å². The fourth-order valence-electron chi connectivity index (χ4n) is 3.63. The summed E-state index contributed by atoms with van der Waals surface area (Å²) in [7, 11) is 0. The van der Waals surface area contributed by atoms with Crippen LogP contribution in [-0.2, 0) is 25.5 Å². The normalized spacial score (nSPS) is 18.3. The predicted octanol–water partition coefficient (Wildman–Crippen LogP) is 2.16. The average Bonchev–Trinajstić information content (AvgIpc) is 3.08. The maximum Gasteiger partial charge on any atom is 0.309 e. The van der Waals surface area contributed by atoms with Crippen LogP contribution in [-0.4, -0.2) is 48.9 Å². The summed E-state index contributed by atoms with van der Waals surface area (Å²) in [6, 6.07) is 7.67. The Morgan fingerprint density at radius 2 is 1.81 bits per heavy atom. The minimum atomic E-state index is -0.147. The molecular weight excluding hydrogens is 332 g/mol. The first-order chi connectivity index (χ1) is 12.6. The van der Waals surface area contributed by atoms with Gasteiger partial charge in [0.15, 0.2) is 0 Å². The number of nitrogens with zero attached hydrogens (tertiary/aromatic N) is 2. The quantitative estimate of drug-likeness (QED) is 0.757. The van der Waals surface area contributed by atoms with E-state index in [0.29, 0.717) is 45.4 Å². The van der Waals surface area contributed by atoms with Crippen molar-refractivity contribution < 1.29 is 19.1 Å². The molecule has 1 aromatic carbocycles. The molecule has 0 N–H and O–H groups in total. The summed E-state index contributed by atoms with van der Waals surface area (Å²) in [5.74, 6) is 0.0125. The minimum Gasteiger partial charge on any atom is -0.466 e. The number of amides is 2. The number of likely N-dealkylation sites (tertiary alicyclic amines) is 1. The first-order valence-electron chi connectivity index (χ1n) is 9.42. The van der Waals surface area contributed by atoms with Crippen LogP contribution in [0.1, 0.15) is 38.2 Å². The van der Waals surface area contributed by atoms with Crippen molar-refractivity contribution in [1.29, 1.82) is 0 Å². The van der Waals surface area contributed by atoms with E-state index in [-0.39, 0.29) is 23.7 Å².